The number of ether oxygens (including phenoxy) is 3. The van der Waals surface area contributed by atoms with Crippen molar-refractivity contribution < 1.29 is 28.6 Å². The molecule has 0 aliphatic heterocycles. The molecule has 13 nitrogen and oxygen atoms in total. The molecule has 4 rings (SSSR count). The van der Waals surface area contributed by atoms with Gasteiger partial charge in [-0.25, -0.2) is 9.78 Å². The molecule has 4 aromatic rings. The largest absolute Gasteiger partial charge is 0.497 e. The lowest BCUT2D eigenvalue weighted by Crippen LogP contribution is -2.32. The van der Waals surface area contributed by atoms with Crippen molar-refractivity contribution in [3.8, 4) is 11.5 Å². The molecule has 2 aromatic carbocycles. The summed E-state index contributed by atoms with van der Waals surface area (Å²) in [7, 11) is 1.59. The number of allylic oxidation sites excluding steroid dienone is 1. The Morgan fingerprint density at radius 1 is 1.07 bits per heavy atom. The van der Waals surface area contributed by atoms with Gasteiger partial charge < -0.3 is 29.8 Å². The van der Waals surface area contributed by atoms with Gasteiger partial charge in [0.05, 0.1) is 18.3 Å². The molecule has 0 radical (unpaired) electrons. The van der Waals surface area contributed by atoms with E-state index in [0.717, 1.165) is 5.56 Å². The quantitative estimate of drug-likeness (QED) is 0.194. The number of nitrogens with two attached hydrogens (primary N) is 1. The molecule has 2 aromatic heterocycles. The topological polar surface area (TPSA) is 165 Å². The van der Waals surface area contributed by atoms with Crippen LogP contribution < -0.4 is 25.8 Å². The summed E-state index contributed by atoms with van der Waals surface area (Å²) in [5.74, 6) is 0.224. The number of carbonyl (C=O) groups excluding carboxylic acids is 3. The van der Waals surface area contributed by atoms with Crippen LogP contribution in [0.3, 0.4) is 0 Å². The van der Waals surface area contributed by atoms with Crippen LogP contribution in [-0.4, -0.2) is 56.5 Å². The van der Waals surface area contributed by atoms with Gasteiger partial charge in [-0.2, -0.15) is 5.10 Å². The van der Waals surface area contributed by atoms with E-state index in [9.17, 15) is 14.4 Å². The second kappa shape index (κ2) is 14.0. The lowest BCUT2D eigenvalue weighted by molar-refractivity contribution is 0.0533. The number of aryl methyl sites for hydroxylation is 2. The van der Waals surface area contributed by atoms with E-state index in [4.69, 9.17) is 19.9 Å². The first kappa shape index (κ1) is 32.6. The summed E-state index contributed by atoms with van der Waals surface area (Å²) >= 11 is 0. The Morgan fingerprint density at radius 3 is 2.44 bits per heavy atom. The zero-order valence-corrected chi connectivity index (χ0v) is 26.3. The molecule has 4 N–H and O–H groups in total. The van der Waals surface area contributed by atoms with Gasteiger partial charge in [-0.1, -0.05) is 24.3 Å². The molecule has 0 fully saturated rings. The fraction of sp³-hybridized carbons (Fsp3) is 0.344. The Balaban J connectivity index is 1.70. The Labute approximate surface area is 261 Å². The minimum Gasteiger partial charge on any atom is -0.497 e. The molecule has 0 saturated heterocycles. The highest BCUT2D eigenvalue weighted by Gasteiger charge is 2.22. The first-order chi connectivity index (χ1) is 21.4. The first-order valence-corrected chi connectivity index (χ1v) is 14.5. The predicted molar refractivity (Wildman–Crippen MR) is 170 cm³/mol. The third kappa shape index (κ3) is 8.40. The molecule has 0 bridgehead atoms. The maximum atomic E-state index is 13.4. The van der Waals surface area contributed by atoms with Gasteiger partial charge in [0.15, 0.2) is 0 Å². The summed E-state index contributed by atoms with van der Waals surface area (Å²) in [5.41, 5.74) is 8.11. The molecule has 13 heteroatoms. The van der Waals surface area contributed by atoms with Crippen molar-refractivity contribution in [2.75, 3.05) is 19.0 Å². The number of amides is 3. The number of hydrogen-bond acceptors (Lipinski definition) is 8. The van der Waals surface area contributed by atoms with Crippen molar-refractivity contribution in [2.24, 2.45) is 5.73 Å². The molecular weight excluding hydrogens is 578 g/mol. The SMILES string of the molecule is CCn1nc(C)cc1C(=O)Nc1nc2cc(C(N)=O)cc(OCc3ccc(OC)cc3)c2n1C/C=C/CNC(=O)OC(C)(C)C. The second-order valence-electron chi connectivity index (χ2n) is 11.2. The van der Waals surface area contributed by atoms with E-state index in [2.05, 4.69) is 20.7 Å². The van der Waals surface area contributed by atoms with Crippen molar-refractivity contribution in [3.05, 3.63) is 77.1 Å². The number of benzene rings is 2. The highest BCUT2D eigenvalue weighted by Crippen LogP contribution is 2.32. The number of anilines is 1. The van der Waals surface area contributed by atoms with Crippen molar-refractivity contribution in [1.82, 2.24) is 24.6 Å². The zero-order chi connectivity index (χ0) is 32.7. The van der Waals surface area contributed by atoms with E-state index in [1.54, 1.807) is 61.4 Å². The Bertz CT molecular complexity index is 1710. The number of nitrogens with one attached hydrogen (secondary N) is 2. The van der Waals surface area contributed by atoms with Crippen molar-refractivity contribution >= 4 is 34.9 Å². The van der Waals surface area contributed by atoms with Crippen LogP contribution in [-0.2, 0) is 24.4 Å². The molecule has 238 valence electrons. The minimum absolute atomic E-state index is 0.179. The van der Waals surface area contributed by atoms with Crippen LogP contribution in [0.4, 0.5) is 10.7 Å². The van der Waals surface area contributed by atoms with Gasteiger partial charge in [0.2, 0.25) is 11.9 Å². The number of alkyl carbamates (subject to hydrolysis) is 1. The fourth-order valence-corrected chi connectivity index (χ4v) is 4.49. The number of imidazole rings is 1. The summed E-state index contributed by atoms with van der Waals surface area (Å²) in [4.78, 5) is 42.4. The summed E-state index contributed by atoms with van der Waals surface area (Å²) in [5, 5.41) is 9.94. The molecule has 0 aliphatic carbocycles. The average Bonchev–Trinajstić information content (AvgIpc) is 3.54. The van der Waals surface area contributed by atoms with Gasteiger partial charge in [0, 0.05) is 25.2 Å². The van der Waals surface area contributed by atoms with E-state index in [-0.39, 0.29) is 31.2 Å². The number of carbonyl (C=O) groups is 3. The smallest absolute Gasteiger partial charge is 0.407 e. The van der Waals surface area contributed by atoms with E-state index in [1.807, 2.05) is 44.2 Å². The van der Waals surface area contributed by atoms with E-state index < -0.39 is 23.5 Å². The number of aromatic nitrogens is 4. The number of fused-ring (bicyclic) bond motifs is 1. The third-order valence-corrected chi connectivity index (χ3v) is 6.52. The molecule has 2 heterocycles. The monoisotopic (exact) mass is 617 g/mol. The average molecular weight is 618 g/mol. The minimum atomic E-state index is -0.651. The molecular formula is C32H39N7O6. The number of nitrogens with zero attached hydrogens (tertiary/aromatic N) is 4. The van der Waals surface area contributed by atoms with Crippen LogP contribution in [0.15, 0.2) is 54.6 Å². The van der Waals surface area contributed by atoms with Crippen LogP contribution in [0.5, 0.6) is 11.5 Å². The normalized spacial score (nSPS) is 11.5. The Morgan fingerprint density at radius 2 is 1.80 bits per heavy atom. The number of hydrogen-bond donors (Lipinski definition) is 3. The molecule has 0 spiro atoms. The van der Waals surface area contributed by atoms with Crippen molar-refractivity contribution in [3.63, 3.8) is 0 Å². The zero-order valence-electron chi connectivity index (χ0n) is 26.3. The van der Waals surface area contributed by atoms with Crippen molar-refractivity contribution in [2.45, 2.75) is 59.9 Å². The van der Waals surface area contributed by atoms with Gasteiger partial charge in [0.1, 0.15) is 34.9 Å². The lowest BCUT2D eigenvalue weighted by atomic mass is 10.1. The van der Waals surface area contributed by atoms with E-state index in [0.29, 0.717) is 40.5 Å². The van der Waals surface area contributed by atoms with Crippen LogP contribution in [0, 0.1) is 6.92 Å². The van der Waals surface area contributed by atoms with E-state index >= 15 is 0 Å². The van der Waals surface area contributed by atoms with Gasteiger partial charge in [0.25, 0.3) is 5.91 Å². The van der Waals surface area contributed by atoms with Gasteiger partial charge in [-0.3, -0.25) is 19.6 Å². The summed E-state index contributed by atoms with van der Waals surface area (Å²) < 4.78 is 20.1. The lowest BCUT2D eigenvalue weighted by Gasteiger charge is -2.19. The molecule has 0 unspecified atom stereocenters. The Kier molecular flexibility index (Phi) is 10.1. The highest BCUT2D eigenvalue weighted by molar-refractivity contribution is 6.04. The number of rotatable bonds is 12. The standard InChI is InChI=1S/C32H39N7O6/c1-7-39-25(16-20(2)37-39)29(41)36-30-35-24-17-22(28(33)40)18-26(44-19-21-10-12-23(43-6)13-11-21)27(24)38(30)15-9-8-14-34-31(42)45-32(3,4)5/h8-13,16-18H,7,14-15,19H2,1-6H3,(H2,33,40)(H,34,42)(H,35,36,41)/b9-8+. The molecule has 0 saturated carbocycles. The first-order valence-electron chi connectivity index (χ1n) is 14.5. The van der Waals surface area contributed by atoms with Gasteiger partial charge in [-0.15, -0.1) is 0 Å². The predicted octanol–water partition coefficient (Wildman–Crippen LogP) is 4.58. The maximum absolute atomic E-state index is 13.4. The highest BCUT2D eigenvalue weighted by atomic mass is 16.6. The number of methoxy groups -OCH3 is 1. The maximum Gasteiger partial charge on any atom is 0.407 e. The molecule has 3 amide bonds. The molecule has 0 aliphatic rings. The van der Waals surface area contributed by atoms with Gasteiger partial charge in [-0.05, 0) is 70.5 Å². The second-order valence-corrected chi connectivity index (χ2v) is 11.2. The number of primary amides is 1. The van der Waals surface area contributed by atoms with Crippen LogP contribution in [0.25, 0.3) is 11.0 Å². The fourth-order valence-electron chi connectivity index (χ4n) is 4.49. The van der Waals surface area contributed by atoms with E-state index in [1.165, 1.54) is 0 Å². The summed E-state index contributed by atoms with van der Waals surface area (Å²) in [6, 6.07) is 12.2. The Hall–Kier alpha value is -5.33. The van der Waals surface area contributed by atoms with Crippen LogP contribution >= 0.6 is 0 Å². The summed E-state index contributed by atoms with van der Waals surface area (Å²) in [6.07, 6.45) is 3.03. The molecule has 45 heavy (non-hydrogen) atoms. The third-order valence-electron chi connectivity index (χ3n) is 6.52. The molecule has 0 atom stereocenters. The van der Waals surface area contributed by atoms with Crippen molar-refractivity contribution in [1.29, 1.82) is 0 Å². The van der Waals surface area contributed by atoms with Crippen LogP contribution in [0.1, 0.15) is 59.8 Å². The summed E-state index contributed by atoms with van der Waals surface area (Å²) in [6.45, 7) is 10.2. The van der Waals surface area contributed by atoms with Gasteiger partial charge >= 0.3 is 6.09 Å². The van der Waals surface area contributed by atoms with Crippen LogP contribution in [0.2, 0.25) is 0 Å².